The Kier molecular flexibility index (Phi) is 11.9. The molecule has 5 heteroatoms. The fraction of sp³-hybridized carbons (Fsp3) is 0.344. The second-order valence-corrected chi connectivity index (χ2v) is 21.4. The van der Waals surface area contributed by atoms with Gasteiger partial charge in [-0.3, -0.25) is 0 Å². The van der Waals surface area contributed by atoms with E-state index < -0.39 is 0 Å². The number of aryl methyl sites for hydroxylation is 2. The Balaban J connectivity index is 1.19. The number of furan rings is 1. The van der Waals surface area contributed by atoms with Crippen LogP contribution in [0.25, 0.3) is 67.2 Å². The van der Waals surface area contributed by atoms with Crippen LogP contribution in [0.1, 0.15) is 152 Å². The molecule has 10 rings (SSSR count). The average molecular weight is 913 g/mol. The molecule has 2 unspecified atom stereocenters. The number of para-hydroxylation sites is 1. The lowest BCUT2D eigenvalue weighted by Crippen LogP contribution is -2.69. The van der Waals surface area contributed by atoms with Crippen LogP contribution in [0.4, 0.5) is 0 Å². The van der Waals surface area contributed by atoms with Crippen LogP contribution < -0.4 is 9.13 Å². The van der Waals surface area contributed by atoms with E-state index in [1.807, 2.05) is 0 Å². The summed E-state index contributed by atoms with van der Waals surface area (Å²) in [6.45, 7) is 29.3. The summed E-state index contributed by atoms with van der Waals surface area (Å²) < 4.78 is 17.3. The van der Waals surface area contributed by atoms with Crippen LogP contribution in [0, 0.1) is 6.92 Å². The SMILES string of the molecule is CCC1(C)c2ccccc2-c2n(-c3c(C(C)C)cc4c(oc5ccccc54)c3C(C)C)cc[n+]2C1(CC)CC[n+]1ccn(-c2c(C(C)C)cc(-c3ccccc3)cc2C(C)C)c1-c1ccccc1C. The molecule has 0 amide bonds. The fourth-order valence-corrected chi connectivity index (χ4v) is 12.5. The molecule has 2 atom stereocenters. The largest absolute Gasteiger partial charge is 0.456 e. The zero-order valence-electron chi connectivity index (χ0n) is 43.2. The van der Waals surface area contributed by atoms with Crippen LogP contribution in [-0.2, 0) is 17.5 Å². The number of hydrogen-bond acceptors (Lipinski definition) is 1. The Bertz CT molecular complexity index is 3330. The molecule has 1 aliphatic heterocycles. The maximum Gasteiger partial charge on any atom is 0.294 e. The van der Waals surface area contributed by atoms with E-state index in [1.165, 1.54) is 89.4 Å². The van der Waals surface area contributed by atoms with E-state index in [4.69, 9.17) is 4.42 Å². The van der Waals surface area contributed by atoms with Crippen molar-refractivity contribution in [2.24, 2.45) is 0 Å². The van der Waals surface area contributed by atoms with E-state index in [0.29, 0.717) is 11.8 Å². The molecule has 0 radical (unpaired) electrons. The fourth-order valence-electron chi connectivity index (χ4n) is 12.5. The first-order valence-electron chi connectivity index (χ1n) is 25.9. The molecule has 0 N–H and O–H groups in total. The van der Waals surface area contributed by atoms with Gasteiger partial charge < -0.3 is 4.42 Å². The molecule has 4 heterocycles. The molecule has 0 spiro atoms. The standard InChI is InChI=1S/C64H72N4O/c1-13-63(12)55-30-22-20-29-50(55)62-67(59-53(43(7)8)40-54-49-28-21-23-31-56(49)69-60(54)57(59)44(9)10)36-37-68(62)64(63,14-2)32-33-65-34-35-66(61(65)48-27-19-18-24-45(48)11)58-51(41(3)4)38-47(39-52(58)42(5)6)46-25-16-15-17-26-46/h15-31,34-44H,13-14,32-33H2,1-12H3/q+2. The molecule has 0 bridgehead atoms. The molecule has 3 aromatic heterocycles. The summed E-state index contributed by atoms with van der Waals surface area (Å²) in [6, 6.07) is 45.1. The van der Waals surface area contributed by atoms with Gasteiger partial charge in [-0.15, -0.1) is 0 Å². The van der Waals surface area contributed by atoms with Gasteiger partial charge in [0, 0.05) is 44.9 Å². The van der Waals surface area contributed by atoms with Crippen LogP contribution in [0.5, 0.6) is 0 Å². The Morgan fingerprint density at radius 1 is 0.565 bits per heavy atom. The molecule has 0 saturated carbocycles. The highest BCUT2D eigenvalue weighted by Crippen LogP contribution is 2.53. The third kappa shape index (κ3) is 7.24. The van der Waals surface area contributed by atoms with Crippen molar-refractivity contribution in [3.63, 3.8) is 0 Å². The number of rotatable bonds is 13. The maximum absolute atomic E-state index is 6.86. The zero-order valence-corrected chi connectivity index (χ0v) is 43.2. The first-order valence-corrected chi connectivity index (χ1v) is 25.9. The molecular weight excluding hydrogens is 841 g/mol. The van der Waals surface area contributed by atoms with Crippen LogP contribution in [0.3, 0.4) is 0 Å². The molecule has 5 nitrogen and oxygen atoms in total. The second-order valence-electron chi connectivity index (χ2n) is 21.4. The van der Waals surface area contributed by atoms with E-state index >= 15 is 0 Å². The smallest absolute Gasteiger partial charge is 0.294 e. The molecule has 6 aromatic carbocycles. The number of benzene rings is 6. The van der Waals surface area contributed by atoms with E-state index in [9.17, 15) is 0 Å². The lowest BCUT2D eigenvalue weighted by atomic mass is 9.59. The van der Waals surface area contributed by atoms with Crippen molar-refractivity contribution in [3.8, 4) is 45.3 Å². The Morgan fingerprint density at radius 2 is 1.16 bits per heavy atom. The summed E-state index contributed by atoms with van der Waals surface area (Å²) in [7, 11) is 0. The van der Waals surface area contributed by atoms with Gasteiger partial charge in [0.15, 0.2) is 0 Å². The summed E-state index contributed by atoms with van der Waals surface area (Å²) in [5.41, 5.74) is 17.3. The van der Waals surface area contributed by atoms with Crippen molar-refractivity contribution >= 4 is 21.9 Å². The van der Waals surface area contributed by atoms with Crippen LogP contribution >= 0.6 is 0 Å². The molecule has 9 aromatic rings. The van der Waals surface area contributed by atoms with Crippen LogP contribution in [0.2, 0.25) is 0 Å². The van der Waals surface area contributed by atoms with E-state index in [2.05, 4.69) is 247 Å². The summed E-state index contributed by atoms with van der Waals surface area (Å²) >= 11 is 0. The monoisotopic (exact) mass is 913 g/mol. The minimum absolute atomic E-state index is 0.165. The zero-order chi connectivity index (χ0) is 48.5. The van der Waals surface area contributed by atoms with Gasteiger partial charge in [-0.25, -0.2) is 9.13 Å². The van der Waals surface area contributed by atoms with Crippen molar-refractivity contribution < 1.29 is 13.6 Å². The Morgan fingerprint density at radius 3 is 1.81 bits per heavy atom. The van der Waals surface area contributed by atoms with Crippen molar-refractivity contribution in [1.29, 1.82) is 0 Å². The third-order valence-electron chi connectivity index (χ3n) is 16.3. The highest BCUT2D eigenvalue weighted by molar-refractivity contribution is 6.07. The van der Waals surface area contributed by atoms with E-state index in [0.717, 1.165) is 37.0 Å². The summed E-state index contributed by atoms with van der Waals surface area (Å²) in [6.07, 6.45) is 12.4. The average Bonchev–Trinajstić information content (AvgIpc) is 4.09. The number of fused-ring (bicyclic) bond motifs is 6. The Labute approximate surface area is 411 Å². The predicted molar refractivity (Wildman–Crippen MR) is 287 cm³/mol. The van der Waals surface area contributed by atoms with Crippen LogP contribution in [0.15, 0.2) is 151 Å². The van der Waals surface area contributed by atoms with Gasteiger partial charge in [-0.1, -0.05) is 161 Å². The van der Waals surface area contributed by atoms with Gasteiger partial charge in [0.2, 0.25) is 0 Å². The quantitative estimate of drug-likeness (QED) is 0.106. The van der Waals surface area contributed by atoms with Gasteiger partial charge in [0.05, 0.1) is 17.7 Å². The topological polar surface area (TPSA) is 30.8 Å². The lowest BCUT2D eigenvalue weighted by Gasteiger charge is -2.49. The van der Waals surface area contributed by atoms with Crippen molar-refractivity contribution in [2.75, 3.05) is 0 Å². The molecule has 352 valence electrons. The predicted octanol–water partition coefficient (Wildman–Crippen LogP) is 16.4. The number of imidazole rings is 2. The third-order valence-corrected chi connectivity index (χ3v) is 16.3. The molecule has 1 aliphatic rings. The van der Waals surface area contributed by atoms with E-state index in [-0.39, 0.29) is 22.8 Å². The van der Waals surface area contributed by atoms with Gasteiger partial charge in [-0.05, 0) is 102 Å². The van der Waals surface area contributed by atoms with Gasteiger partial charge in [-0.2, -0.15) is 9.13 Å². The summed E-state index contributed by atoms with van der Waals surface area (Å²) in [5.74, 6) is 3.63. The summed E-state index contributed by atoms with van der Waals surface area (Å²) in [5, 5.41) is 2.39. The van der Waals surface area contributed by atoms with Crippen molar-refractivity contribution in [2.45, 2.75) is 144 Å². The highest BCUT2D eigenvalue weighted by atomic mass is 16.3. The van der Waals surface area contributed by atoms with Crippen LogP contribution in [-0.4, -0.2) is 9.13 Å². The molecule has 69 heavy (non-hydrogen) atoms. The second kappa shape index (κ2) is 17.8. The molecule has 0 saturated heterocycles. The normalized spacial score (nSPS) is 17.0. The number of nitrogens with zero attached hydrogens (tertiary/aromatic N) is 4. The van der Waals surface area contributed by atoms with Gasteiger partial charge >= 0.3 is 0 Å². The molecule has 0 aliphatic carbocycles. The van der Waals surface area contributed by atoms with E-state index in [1.54, 1.807) is 0 Å². The minimum Gasteiger partial charge on any atom is -0.456 e. The Hall–Kier alpha value is -6.46. The van der Waals surface area contributed by atoms with Crippen molar-refractivity contribution in [1.82, 2.24) is 9.13 Å². The lowest BCUT2D eigenvalue weighted by molar-refractivity contribution is -0.781. The molecule has 0 fully saturated rings. The minimum atomic E-state index is -0.266. The molecular formula is C64H72N4O+2. The number of hydrogen-bond donors (Lipinski definition) is 0. The maximum atomic E-state index is 6.86. The highest BCUT2D eigenvalue weighted by Gasteiger charge is 2.58. The van der Waals surface area contributed by atoms with Gasteiger partial charge in [0.25, 0.3) is 11.6 Å². The summed E-state index contributed by atoms with van der Waals surface area (Å²) in [4.78, 5) is 0. The van der Waals surface area contributed by atoms with Gasteiger partial charge in [0.1, 0.15) is 52.9 Å². The van der Waals surface area contributed by atoms with Crippen molar-refractivity contribution in [3.05, 3.63) is 179 Å². The first kappa shape index (κ1) is 46.3. The number of aromatic nitrogens is 4. The first-order chi connectivity index (χ1) is 33.2.